The number of hydrogen-bond donors (Lipinski definition) is 0. The fraction of sp³-hybridized carbons (Fsp3) is 0.0455. The van der Waals surface area contributed by atoms with Gasteiger partial charge >= 0.3 is 0 Å². The van der Waals surface area contributed by atoms with Crippen LogP contribution in [0.1, 0.15) is 11.1 Å². The van der Waals surface area contributed by atoms with E-state index in [1.165, 1.54) is 16.7 Å². The van der Waals surface area contributed by atoms with Crippen molar-refractivity contribution in [3.05, 3.63) is 95.2 Å². The van der Waals surface area contributed by atoms with Crippen LogP contribution in [-0.4, -0.2) is 15.2 Å². The molecule has 28 heavy (non-hydrogen) atoms. The molecule has 0 atom stereocenters. The van der Waals surface area contributed by atoms with Crippen LogP contribution >= 0.6 is 24.0 Å². The van der Waals surface area contributed by atoms with Crippen molar-refractivity contribution < 1.29 is 9.53 Å². The van der Waals surface area contributed by atoms with Gasteiger partial charge in [0.2, 0.25) is 0 Å². The number of hydrogen-bond acceptors (Lipinski definition) is 5. The number of amides is 1. The summed E-state index contributed by atoms with van der Waals surface area (Å²) >= 11 is 6.67. The SMILES string of the molecule is O=C1/C(=C/c2ccc(OCc3ccccc3)cc2)SC(=S)N1c1cccnc1. The maximum Gasteiger partial charge on any atom is 0.270 e. The van der Waals surface area contributed by atoms with Gasteiger partial charge in [0.25, 0.3) is 5.91 Å². The number of pyridine rings is 1. The lowest BCUT2D eigenvalue weighted by molar-refractivity contribution is -0.113. The molecular weight excluding hydrogens is 388 g/mol. The predicted octanol–water partition coefficient (Wildman–Crippen LogP) is 5.07. The molecule has 1 amide bonds. The number of thiocarbonyl (C=S) groups is 1. The van der Waals surface area contributed by atoms with E-state index >= 15 is 0 Å². The molecule has 4 rings (SSSR count). The molecule has 138 valence electrons. The molecule has 1 aliphatic heterocycles. The van der Waals surface area contributed by atoms with Crippen molar-refractivity contribution in [1.29, 1.82) is 0 Å². The third-order valence-corrected chi connectivity index (χ3v) is 5.43. The van der Waals surface area contributed by atoms with Crippen molar-refractivity contribution in [3.63, 3.8) is 0 Å². The summed E-state index contributed by atoms with van der Waals surface area (Å²) in [7, 11) is 0. The van der Waals surface area contributed by atoms with Gasteiger partial charge in [0.15, 0.2) is 4.32 Å². The largest absolute Gasteiger partial charge is 0.489 e. The fourth-order valence-electron chi connectivity index (χ4n) is 2.73. The van der Waals surface area contributed by atoms with E-state index < -0.39 is 0 Å². The number of aromatic nitrogens is 1. The maximum atomic E-state index is 12.7. The third-order valence-electron chi connectivity index (χ3n) is 4.12. The topological polar surface area (TPSA) is 42.4 Å². The Balaban J connectivity index is 1.45. The second-order valence-corrected chi connectivity index (χ2v) is 7.75. The number of rotatable bonds is 5. The van der Waals surface area contributed by atoms with Crippen LogP contribution < -0.4 is 9.64 Å². The Morgan fingerprint density at radius 2 is 1.82 bits per heavy atom. The molecule has 2 aromatic carbocycles. The van der Waals surface area contributed by atoms with Gasteiger partial charge < -0.3 is 4.74 Å². The number of ether oxygens (including phenoxy) is 1. The Kier molecular flexibility index (Phi) is 5.50. The number of carbonyl (C=O) groups excluding carboxylic acids is 1. The molecule has 2 heterocycles. The van der Waals surface area contributed by atoms with E-state index in [4.69, 9.17) is 17.0 Å². The Morgan fingerprint density at radius 3 is 2.54 bits per heavy atom. The first-order valence-electron chi connectivity index (χ1n) is 8.65. The summed E-state index contributed by atoms with van der Waals surface area (Å²) in [6.07, 6.45) is 5.14. The van der Waals surface area contributed by atoms with Gasteiger partial charge in [-0.1, -0.05) is 66.4 Å². The average Bonchev–Trinajstić information content (AvgIpc) is 3.02. The van der Waals surface area contributed by atoms with E-state index in [1.54, 1.807) is 18.5 Å². The highest BCUT2D eigenvalue weighted by Gasteiger charge is 2.33. The van der Waals surface area contributed by atoms with E-state index in [0.29, 0.717) is 21.5 Å². The molecule has 1 fully saturated rings. The lowest BCUT2D eigenvalue weighted by Gasteiger charge is -2.13. The summed E-state index contributed by atoms with van der Waals surface area (Å²) in [5.41, 5.74) is 2.71. The molecular formula is C22H16N2O2S2. The minimum absolute atomic E-state index is 0.132. The number of nitrogens with zero attached hydrogens (tertiary/aromatic N) is 2. The summed E-state index contributed by atoms with van der Waals surface area (Å²) in [6.45, 7) is 0.518. The molecule has 0 N–H and O–H groups in total. The second-order valence-electron chi connectivity index (χ2n) is 6.07. The molecule has 4 nitrogen and oxygen atoms in total. The number of anilines is 1. The van der Waals surface area contributed by atoms with Gasteiger partial charge in [0.05, 0.1) is 16.8 Å². The highest BCUT2D eigenvalue weighted by atomic mass is 32.2. The van der Waals surface area contributed by atoms with Crippen LogP contribution in [0.15, 0.2) is 84.0 Å². The molecule has 0 bridgehead atoms. The quantitative estimate of drug-likeness (QED) is 0.439. The summed E-state index contributed by atoms with van der Waals surface area (Å²) in [5.74, 6) is 0.649. The molecule has 1 saturated heterocycles. The van der Waals surface area contributed by atoms with Crippen LogP contribution in [0.4, 0.5) is 5.69 Å². The van der Waals surface area contributed by atoms with Gasteiger partial charge in [-0.05, 0) is 41.5 Å². The van der Waals surface area contributed by atoms with Crippen LogP contribution in [-0.2, 0) is 11.4 Å². The molecule has 0 aliphatic carbocycles. The van der Waals surface area contributed by atoms with Crippen LogP contribution in [0.5, 0.6) is 5.75 Å². The lowest BCUT2D eigenvalue weighted by Crippen LogP contribution is -2.27. The Hall–Kier alpha value is -2.96. The second kappa shape index (κ2) is 8.37. The molecule has 1 aliphatic rings. The van der Waals surface area contributed by atoms with Crippen LogP contribution in [0.3, 0.4) is 0 Å². The Bertz CT molecular complexity index is 1020. The average molecular weight is 405 g/mol. The molecule has 1 aromatic heterocycles. The van der Waals surface area contributed by atoms with Crippen LogP contribution in [0, 0.1) is 0 Å². The monoisotopic (exact) mass is 404 g/mol. The zero-order valence-corrected chi connectivity index (χ0v) is 16.5. The van der Waals surface area contributed by atoms with Gasteiger partial charge in [0, 0.05) is 6.20 Å². The first kappa shape index (κ1) is 18.4. The number of benzene rings is 2. The first-order chi connectivity index (χ1) is 13.7. The molecule has 0 spiro atoms. The van der Waals surface area contributed by atoms with E-state index in [9.17, 15) is 4.79 Å². The lowest BCUT2D eigenvalue weighted by atomic mass is 10.2. The highest BCUT2D eigenvalue weighted by molar-refractivity contribution is 8.27. The summed E-state index contributed by atoms with van der Waals surface area (Å²) in [4.78, 5) is 18.9. The van der Waals surface area contributed by atoms with Gasteiger partial charge in [0.1, 0.15) is 12.4 Å². The van der Waals surface area contributed by atoms with Gasteiger partial charge in [-0.25, -0.2) is 0 Å². The van der Waals surface area contributed by atoms with E-state index in [2.05, 4.69) is 4.98 Å². The molecule has 6 heteroatoms. The van der Waals surface area contributed by atoms with Crippen molar-refractivity contribution in [2.24, 2.45) is 0 Å². The van der Waals surface area contributed by atoms with Crippen LogP contribution in [0.2, 0.25) is 0 Å². The van der Waals surface area contributed by atoms with Crippen molar-refractivity contribution in [1.82, 2.24) is 4.98 Å². The summed E-state index contributed by atoms with van der Waals surface area (Å²) < 4.78 is 6.31. The van der Waals surface area contributed by atoms with Gasteiger partial charge in [-0.15, -0.1) is 0 Å². The fourth-order valence-corrected chi connectivity index (χ4v) is 4.03. The van der Waals surface area contributed by atoms with Crippen molar-refractivity contribution in [2.75, 3.05) is 4.90 Å². The smallest absolute Gasteiger partial charge is 0.270 e. The van der Waals surface area contributed by atoms with Crippen molar-refractivity contribution >= 4 is 46.0 Å². The van der Waals surface area contributed by atoms with E-state index in [-0.39, 0.29) is 5.91 Å². The van der Waals surface area contributed by atoms with Crippen molar-refractivity contribution in [2.45, 2.75) is 6.61 Å². The van der Waals surface area contributed by atoms with Gasteiger partial charge in [-0.2, -0.15) is 0 Å². The Morgan fingerprint density at radius 1 is 1.04 bits per heavy atom. The summed E-state index contributed by atoms with van der Waals surface area (Å²) in [6, 6.07) is 21.3. The standard InChI is InChI=1S/C22H16N2O2S2/c25-21-20(28-22(27)24(21)18-7-4-12-23-14-18)13-16-8-10-19(11-9-16)26-15-17-5-2-1-3-6-17/h1-14H,15H2/b20-13-. The minimum Gasteiger partial charge on any atom is -0.489 e. The van der Waals surface area contributed by atoms with E-state index in [0.717, 1.165) is 16.9 Å². The molecule has 0 unspecified atom stereocenters. The van der Waals surface area contributed by atoms with Crippen molar-refractivity contribution in [3.8, 4) is 5.75 Å². The molecule has 0 saturated carbocycles. The number of carbonyl (C=O) groups is 1. The molecule has 3 aromatic rings. The minimum atomic E-state index is -0.132. The predicted molar refractivity (Wildman–Crippen MR) is 117 cm³/mol. The maximum absolute atomic E-state index is 12.7. The third kappa shape index (κ3) is 4.13. The van der Waals surface area contributed by atoms with Crippen LogP contribution in [0.25, 0.3) is 6.08 Å². The first-order valence-corrected chi connectivity index (χ1v) is 9.88. The Labute approximate surface area is 172 Å². The van der Waals surface area contributed by atoms with E-state index in [1.807, 2.05) is 66.7 Å². The zero-order valence-electron chi connectivity index (χ0n) is 14.8. The normalized spacial score (nSPS) is 15.3. The zero-order chi connectivity index (χ0) is 19.3. The summed E-state index contributed by atoms with van der Waals surface area (Å²) in [5, 5.41) is 0. The number of thioether (sulfide) groups is 1. The highest BCUT2D eigenvalue weighted by Crippen LogP contribution is 2.35. The molecule has 0 radical (unpaired) electrons. The van der Waals surface area contributed by atoms with Gasteiger partial charge in [-0.3, -0.25) is 14.7 Å².